The van der Waals surface area contributed by atoms with E-state index < -0.39 is 5.92 Å². The van der Waals surface area contributed by atoms with Crippen LogP contribution in [0.1, 0.15) is 12.0 Å². The second kappa shape index (κ2) is 7.19. The Morgan fingerprint density at radius 3 is 2.89 bits per heavy atom. The molecule has 0 bridgehead atoms. The average Bonchev–Trinajstić information content (AvgIpc) is 3.32. The molecule has 2 aliphatic rings. The van der Waals surface area contributed by atoms with Crippen molar-refractivity contribution in [3.05, 3.63) is 48.0 Å². The van der Waals surface area contributed by atoms with E-state index in [1.807, 2.05) is 36.4 Å². The van der Waals surface area contributed by atoms with Gasteiger partial charge in [-0.25, -0.2) is 0 Å². The number of nitrogens with one attached hydrogen (secondary N) is 1. The van der Waals surface area contributed by atoms with Gasteiger partial charge in [0.25, 0.3) is 0 Å². The summed E-state index contributed by atoms with van der Waals surface area (Å²) in [7, 11) is 1.56. The van der Waals surface area contributed by atoms with Crippen LogP contribution in [0.15, 0.2) is 42.5 Å². The Balaban J connectivity index is 1.39. The van der Waals surface area contributed by atoms with E-state index in [-0.39, 0.29) is 25.0 Å². The minimum atomic E-state index is -0.392. The van der Waals surface area contributed by atoms with E-state index in [2.05, 4.69) is 5.32 Å². The van der Waals surface area contributed by atoms with Crippen LogP contribution in [0.2, 0.25) is 0 Å². The number of amides is 2. The number of carbonyl (C=O) groups excluding carboxylic acids is 2. The molecule has 140 valence electrons. The van der Waals surface area contributed by atoms with Gasteiger partial charge in [-0.15, -0.1) is 0 Å². The monoisotopic (exact) mass is 368 g/mol. The molecule has 1 N–H and O–H groups in total. The highest BCUT2D eigenvalue weighted by molar-refractivity contribution is 6.01. The number of hydrogen-bond donors (Lipinski definition) is 1. The number of fused-ring (bicyclic) bond motifs is 1. The van der Waals surface area contributed by atoms with Gasteiger partial charge in [0.2, 0.25) is 18.6 Å². The zero-order chi connectivity index (χ0) is 18.8. The fourth-order valence-corrected chi connectivity index (χ4v) is 3.35. The molecule has 2 aliphatic heterocycles. The van der Waals surface area contributed by atoms with Crippen molar-refractivity contribution >= 4 is 17.5 Å². The number of ether oxygens (including phenoxy) is 3. The molecule has 4 rings (SSSR count). The molecule has 2 amide bonds. The van der Waals surface area contributed by atoms with E-state index in [9.17, 15) is 9.59 Å². The van der Waals surface area contributed by atoms with Gasteiger partial charge in [0.15, 0.2) is 11.5 Å². The fraction of sp³-hybridized carbons (Fsp3) is 0.300. The van der Waals surface area contributed by atoms with Gasteiger partial charge in [0, 0.05) is 19.5 Å². The molecule has 0 radical (unpaired) electrons. The molecule has 27 heavy (non-hydrogen) atoms. The topological polar surface area (TPSA) is 77.1 Å². The summed E-state index contributed by atoms with van der Waals surface area (Å²) in [6, 6.07) is 12.9. The van der Waals surface area contributed by atoms with Crippen molar-refractivity contribution in [1.29, 1.82) is 0 Å². The predicted molar refractivity (Wildman–Crippen MR) is 97.9 cm³/mol. The Kier molecular flexibility index (Phi) is 4.58. The summed E-state index contributed by atoms with van der Waals surface area (Å²) in [5.41, 5.74) is 1.61. The summed E-state index contributed by atoms with van der Waals surface area (Å²) < 4.78 is 16.0. The number of methoxy groups -OCH3 is 1. The van der Waals surface area contributed by atoms with E-state index in [0.717, 1.165) is 5.56 Å². The summed E-state index contributed by atoms with van der Waals surface area (Å²) in [6.45, 7) is 0.926. The predicted octanol–water partition coefficient (Wildman–Crippen LogP) is 2.09. The highest BCUT2D eigenvalue weighted by Crippen LogP contribution is 2.34. The smallest absolute Gasteiger partial charge is 0.231 e. The molecular weight excluding hydrogens is 348 g/mol. The zero-order valence-electron chi connectivity index (χ0n) is 14.9. The van der Waals surface area contributed by atoms with Crippen LogP contribution >= 0.6 is 0 Å². The van der Waals surface area contributed by atoms with Crippen molar-refractivity contribution in [3.63, 3.8) is 0 Å². The summed E-state index contributed by atoms with van der Waals surface area (Å²) in [4.78, 5) is 26.6. The standard InChI is InChI=1S/C20H20N2O5/c1-25-16-5-3-2-4-15(16)22-11-14(9-19(22)23)20(24)21-10-13-6-7-17-18(8-13)27-12-26-17/h2-8,14H,9-12H2,1H3,(H,21,24). The van der Waals surface area contributed by atoms with Gasteiger partial charge in [-0.3, -0.25) is 9.59 Å². The van der Waals surface area contributed by atoms with E-state index in [0.29, 0.717) is 36.0 Å². The Morgan fingerprint density at radius 1 is 1.22 bits per heavy atom. The molecule has 0 aromatic heterocycles. The van der Waals surface area contributed by atoms with Crippen LogP contribution in [0.5, 0.6) is 17.2 Å². The number of rotatable bonds is 5. The molecule has 1 fully saturated rings. The lowest BCUT2D eigenvalue weighted by Crippen LogP contribution is -2.32. The first-order chi connectivity index (χ1) is 13.2. The van der Waals surface area contributed by atoms with Crippen LogP contribution in [-0.2, 0) is 16.1 Å². The maximum absolute atomic E-state index is 12.6. The normalized spacial score (nSPS) is 17.9. The largest absolute Gasteiger partial charge is 0.495 e. The third-order valence-electron chi connectivity index (χ3n) is 4.78. The Hall–Kier alpha value is -3.22. The molecule has 2 heterocycles. The maximum Gasteiger partial charge on any atom is 0.231 e. The number of nitrogens with zero attached hydrogens (tertiary/aromatic N) is 1. The van der Waals surface area contributed by atoms with Crippen LogP contribution in [0.3, 0.4) is 0 Å². The molecule has 0 spiro atoms. The summed E-state index contributed by atoms with van der Waals surface area (Å²) in [5.74, 6) is 1.39. The first-order valence-electron chi connectivity index (χ1n) is 8.75. The second-order valence-electron chi connectivity index (χ2n) is 6.48. The molecule has 7 heteroatoms. The van der Waals surface area contributed by atoms with Gasteiger partial charge < -0.3 is 24.4 Å². The van der Waals surface area contributed by atoms with E-state index in [1.54, 1.807) is 18.1 Å². The van der Waals surface area contributed by atoms with Gasteiger partial charge in [0.1, 0.15) is 5.75 Å². The van der Waals surface area contributed by atoms with Crippen molar-refractivity contribution in [2.45, 2.75) is 13.0 Å². The summed E-state index contributed by atoms with van der Waals surface area (Å²) in [6.07, 6.45) is 0.186. The van der Waals surface area contributed by atoms with Gasteiger partial charge >= 0.3 is 0 Å². The lowest BCUT2D eigenvalue weighted by atomic mass is 10.1. The maximum atomic E-state index is 12.6. The quantitative estimate of drug-likeness (QED) is 0.875. The van der Waals surface area contributed by atoms with Crippen molar-refractivity contribution in [2.24, 2.45) is 5.92 Å². The molecule has 2 aromatic carbocycles. The van der Waals surface area contributed by atoms with Crippen molar-refractivity contribution in [2.75, 3.05) is 25.3 Å². The highest BCUT2D eigenvalue weighted by atomic mass is 16.7. The van der Waals surface area contributed by atoms with Crippen LogP contribution < -0.4 is 24.4 Å². The van der Waals surface area contributed by atoms with E-state index in [1.165, 1.54) is 0 Å². The van der Waals surface area contributed by atoms with E-state index in [4.69, 9.17) is 14.2 Å². The van der Waals surface area contributed by atoms with Gasteiger partial charge in [-0.05, 0) is 29.8 Å². The Morgan fingerprint density at radius 2 is 2.04 bits per heavy atom. The molecule has 7 nitrogen and oxygen atoms in total. The molecule has 2 aromatic rings. The van der Waals surface area contributed by atoms with Gasteiger partial charge in [-0.1, -0.05) is 18.2 Å². The average molecular weight is 368 g/mol. The number of anilines is 1. The number of carbonyl (C=O) groups is 2. The van der Waals surface area contributed by atoms with Gasteiger partial charge in [0.05, 0.1) is 18.7 Å². The minimum absolute atomic E-state index is 0.0808. The second-order valence-corrected chi connectivity index (χ2v) is 6.48. The Labute approximate surface area is 156 Å². The fourth-order valence-electron chi connectivity index (χ4n) is 3.35. The number of hydrogen-bond acceptors (Lipinski definition) is 5. The highest BCUT2D eigenvalue weighted by Gasteiger charge is 2.36. The van der Waals surface area contributed by atoms with Crippen LogP contribution in [0, 0.1) is 5.92 Å². The SMILES string of the molecule is COc1ccccc1N1CC(C(=O)NCc2ccc3c(c2)OCO3)CC1=O. The molecule has 0 saturated carbocycles. The molecule has 0 aliphatic carbocycles. The van der Waals surface area contributed by atoms with Crippen molar-refractivity contribution in [1.82, 2.24) is 5.32 Å². The minimum Gasteiger partial charge on any atom is -0.495 e. The van der Waals surface area contributed by atoms with E-state index >= 15 is 0 Å². The Bertz CT molecular complexity index is 882. The zero-order valence-corrected chi connectivity index (χ0v) is 14.9. The number of para-hydroxylation sites is 2. The number of benzene rings is 2. The van der Waals surface area contributed by atoms with Gasteiger partial charge in [-0.2, -0.15) is 0 Å². The molecule has 1 saturated heterocycles. The third kappa shape index (κ3) is 3.40. The third-order valence-corrected chi connectivity index (χ3v) is 4.78. The first-order valence-corrected chi connectivity index (χ1v) is 8.75. The van der Waals surface area contributed by atoms with Crippen LogP contribution in [0.4, 0.5) is 5.69 Å². The van der Waals surface area contributed by atoms with Crippen molar-refractivity contribution in [3.8, 4) is 17.2 Å². The molecule has 1 unspecified atom stereocenters. The summed E-state index contributed by atoms with van der Waals surface area (Å²) in [5, 5.41) is 2.91. The lowest BCUT2D eigenvalue weighted by Gasteiger charge is -2.19. The summed E-state index contributed by atoms with van der Waals surface area (Å²) >= 11 is 0. The molecule has 1 atom stereocenters. The van der Waals surface area contributed by atoms with Crippen LogP contribution in [-0.4, -0.2) is 32.3 Å². The van der Waals surface area contributed by atoms with Crippen LogP contribution in [0.25, 0.3) is 0 Å². The first kappa shape index (κ1) is 17.2. The lowest BCUT2D eigenvalue weighted by molar-refractivity contribution is -0.126. The van der Waals surface area contributed by atoms with Crippen molar-refractivity contribution < 1.29 is 23.8 Å². The molecular formula is C20H20N2O5.